The molecule has 5 heteroatoms. The highest BCUT2D eigenvalue weighted by molar-refractivity contribution is 5.93. The number of aryl methyl sites for hydroxylation is 1. The zero-order chi connectivity index (χ0) is 13.3. The van der Waals surface area contributed by atoms with E-state index in [0.29, 0.717) is 5.56 Å². The van der Waals surface area contributed by atoms with E-state index in [1.54, 1.807) is 12.1 Å². The molecule has 0 bridgehead atoms. The first-order chi connectivity index (χ1) is 8.40. The van der Waals surface area contributed by atoms with Crippen molar-refractivity contribution >= 4 is 11.7 Å². The molecule has 18 heavy (non-hydrogen) atoms. The number of amides is 1. The first-order valence-electron chi connectivity index (χ1n) is 6.17. The Morgan fingerprint density at radius 1 is 1.50 bits per heavy atom. The summed E-state index contributed by atoms with van der Waals surface area (Å²) in [5.41, 5.74) is 6.67. The summed E-state index contributed by atoms with van der Waals surface area (Å²) >= 11 is 0. The Morgan fingerprint density at radius 3 is 2.83 bits per heavy atom. The van der Waals surface area contributed by atoms with Crippen molar-refractivity contribution in [1.82, 2.24) is 10.3 Å². The van der Waals surface area contributed by atoms with Crippen LogP contribution in [0.4, 0.5) is 5.82 Å². The molecule has 1 aromatic heterocycles. The minimum Gasteiger partial charge on any atom is -0.366 e. The molecule has 98 valence electrons. The molecule has 0 aliphatic carbocycles. The molecular weight excluding hydrogens is 228 g/mol. The van der Waals surface area contributed by atoms with E-state index in [4.69, 9.17) is 5.73 Å². The third-order valence-electron chi connectivity index (χ3n) is 3.30. The minimum absolute atomic E-state index is 0.0199. The number of carbonyl (C=O) groups excluding carboxylic acids is 1. The highest BCUT2D eigenvalue weighted by Crippen LogP contribution is 2.24. The van der Waals surface area contributed by atoms with Crippen molar-refractivity contribution in [2.24, 2.45) is 5.73 Å². The molecule has 0 spiro atoms. The van der Waals surface area contributed by atoms with Crippen molar-refractivity contribution in [3.05, 3.63) is 23.4 Å². The monoisotopic (exact) mass is 248 g/mol. The first kappa shape index (κ1) is 12.8. The number of primary amides is 1. The highest BCUT2D eigenvalue weighted by atomic mass is 16.1. The van der Waals surface area contributed by atoms with Gasteiger partial charge >= 0.3 is 0 Å². The molecule has 0 radical (unpaired) electrons. The number of nitrogens with one attached hydrogen (secondary N) is 1. The fraction of sp³-hybridized carbons (Fsp3) is 0.538. The number of nitrogens with zero attached hydrogens (tertiary/aromatic N) is 2. The van der Waals surface area contributed by atoms with Gasteiger partial charge in [0.25, 0.3) is 0 Å². The van der Waals surface area contributed by atoms with Crippen molar-refractivity contribution in [2.45, 2.75) is 26.3 Å². The van der Waals surface area contributed by atoms with Gasteiger partial charge < -0.3 is 16.0 Å². The molecule has 0 saturated carbocycles. The highest BCUT2D eigenvalue weighted by Gasteiger charge is 2.30. The van der Waals surface area contributed by atoms with Gasteiger partial charge in [-0.2, -0.15) is 0 Å². The molecule has 2 rings (SSSR count). The van der Waals surface area contributed by atoms with Crippen molar-refractivity contribution in [3.8, 4) is 0 Å². The zero-order valence-electron chi connectivity index (χ0n) is 11.2. The Hall–Kier alpha value is -1.62. The molecule has 5 nitrogen and oxygen atoms in total. The van der Waals surface area contributed by atoms with E-state index in [1.807, 2.05) is 6.92 Å². The number of pyridine rings is 1. The van der Waals surface area contributed by atoms with Crippen LogP contribution in [0.1, 0.15) is 29.9 Å². The average molecular weight is 248 g/mol. The second kappa shape index (κ2) is 4.57. The predicted molar refractivity (Wildman–Crippen MR) is 71.8 cm³/mol. The van der Waals surface area contributed by atoms with Gasteiger partial charge in [0.2, 0.25) is 5.91 Å². The number of piperazine rings is 1. The lowest BCUT2D eigenvalue weighted by atomic mass is 10.00. The number of hydrogen-bond donors (Lipinski definition) is 2. The van der Waals surface area contributed by atoms with E-state index >= 15 is 0 Å². The van der Waals surface area contributed by atoms with Gasteiger partial charge in [-0.15, -0.1) is 0 Å². The summed E-state index contributed by atoms with van der Waals surface area (Å²) in [6, 6.07) is 3.50. The Balaban J connectivity index is 2.40. The molecule has 3 N–H and O–H groups in total. The van der Waals surface area contributed by atoms with Crippen LogP contribution in [-0.2, 0) is 0 Å². The van der Waals surface area contributed by atoms with Crippen molar-refractivity contribution < 1.29 is 4.79 Å². The maximum atomic E-state index is 11.3. The lowest BCUT2D eigenvalue weighted by Gasteiger charge is -2.43. The fourth-order valence-electron chi connectivity index (χ4n) is 2.34. The van der Waals surface area contributed by atoms with Gasteiger partial charge in [0, 0.05) is 36.4 Å². The Kier molecular flexibility index (Phi) is 3.26. The molecule has 1 fully saturated rings. The van der Waals surface area contributed by atoms with Crippen LogP contribution in [-0.4, -0.2) is 36.1 Å². The number of carbonyl (C=O) groups is 1. The minimum atomic E-state index is -0.408. The van der Waals surface area contributed by atoms with Crippen LogP contribution in [0.15, 0.2) is 12.1 Å². The zero-order valence-corrected chi connectivity index (χ0v) is 11.2. The smallest absolute Gasteiger partial charge is 0.248 e. The Morgan fingerprint density at radius 2 is 2.22 bits per heavy atom. The lowest BCUT2D eigenvalue weighted by Crippen LogP contribution is -2.58. The quantitative estimate of drug-likeness (QED) is 0.807. The van der Waals surface area contributed by atoms with Crippen molar-refractivity contribution in [1.29, 1.82) is 0 Å². The summed E-state index contributed by atoms with van der Waals surface area (Å²) in [4.78, 5) is 18.1. The maximum absolute atomic E-state index is 11.3. The van der Waals surface area contributed by atoms with Gasteiger partial charge in [-0.05, 0) is 32.9 Å². The number of rotatable bonds is 2. The van der Waals surface area contributed by atoms with Gasteiger partial charge in [0.1, 0.15) is 5.82 Å². The van der Waals surface area contributed by atoms with Crippen LogP contribution in [0.25, 0.3) is 0 Å². The number of anilines is 1. The molecule has 1 amide bonds. The summed E-state index contributed by atoms with van der Waals surface area (Å²) in [7, 11) is 0. The fourth-order valence-corrected chi connectivity index (χ4v) is 2.34. The normalized spacial score (nSPS) is 18.7. The van der Waals surface area contributed by atoms with Crippen molar-refractivity contribution in [2.75, 3.05) is 24.5 Å². The van der Waals surface area contributed by atoms with Gasteiger partial charge in [-0.3, -0.25) is 4.79 Å². The molecule has 0 aromatic carbocycles. The molecule has 1 aliphatic heterocycles. The summed E-state index contributed by atoms with van der Waals surface area (Å²) in [5, 5.41) is 3.37. The standard InChI is InChI=1S/C13H20N4O/c1-9-6-10(12(14)18)7-11(16-9)17-5-4-15-8-13(17,2)3/h6-7,15H,4-5,8H2,1-3H3,(H2,14,18). The van der Waals surface area contributed by atoms with Crippen LogP contribution in [0, 0.1) is 6.92 Å². The molecule has 1 aliphatic rings. The molecule has 1 aromatic rings. The second-order valence-corrected chi connectivity index (χ2v) is 5.36. The third kappa shape index (κ3) is 2.46. The SMILES string of the molecule is Cc1cc(C(N)=O)cc(N2CCNCC2(C)C)n1. The van der Waals surface area contributed by atoms with Gasteiger partial charge in [0.05, 0.1) is 0 Å². The van der Waals surface area contributed by atoms with E-state index in [2.05, 4.69) is 29.0 Å². The summed E-state index contributed by atoms with van der Waals surface area (Å²) < 4.78 is 0. The molecule has 1 saturated heterocycles. The number of aromatic nitrogens is 1. The van der Waals surface area contributed by atoms with E-state index in [9.17, 15) is 4.79 Å². The lowest BCUT2D eigenvalue weighted by molar-refractivity contribution is 0.1000. The van der Waals surface area contributed by atoms with Crippen LogP contribution in [0.5, 0.6) is 0 Å². The van der Waals surface area contributed by atoms with Crippen LogP contribution in [0.2, 0.25) is 0 Å². The van der Waals surface area contributed by atoms with Gasteiger partial charge in [0.15, 0.2) is 0 Å². The largest absolute Gasteiger partial charge is 0.366 e. The molecular formula is C13H20N4O. The molecule has 2 heterocycles. The summed E-state index contributed by atoms with van der Waals surface area (Å²) in [5.74, 6) is 0.421. The number of nitrogens with two attached hydrogens (primary N) is 1. The van der Waals surface area contributed by atoms with E-state index in [1.165, 1.54) is 0 Å². The Bertz CT molecular complexity index is 470. The van der Waals surface area contributed by atoms with Crippen molar-refractivity contribution in [3.63, 3.8) is 0 Å². The van der Waals surface area contributed by atoms with E-state index in [-0.39, 0.29) is 5.54 Å². The second-order valence-electron chi connectivity index (χ2n) is 5.36. The summed E-state index contributed by atoms with van der Waals surface area (Å²) in [6.45, 7) is 8.90. The predicted octanol–water partition coefficient (Wildman–Crippen LogP) is 0.677. The van der Waals surface area contributed by atoms with Gasteiger partial charge in [-0.1, -0.05) is 0 Å². The third-order valence-corrected chi connectivity index (χ3v) is 3.30. The van der Waals surface area contributed by atoms with Crippen LogP contribution < -0.4 is 16.0 Å². The maximum Gasteiger partial charge on any atom is 0.248 e. The summed E-state index contributed by atoms with van der Waals surface area (Å²) in [6.07, 6.45) is 0. The molecule has 0 atom stereocenters. The topological polar surface area (TPSA) is 71.2 Å². The van der Waals surface area contributed by atoms with Crippen LogP contribution >= 0.6 is 0 Å². The van der Waals surface area contributed by atoms with Crippen LogP contribution in [0.3, 0.4) is 0 Å². The average Bonchev–Trinajstić information content (AvgIpc) is 2.27. The Labute approximate surface area is 107 Å². The number of hydrogen-bond acceptors (Lipinski definition) is 4. The van der Waals surface area contributed by atoms with E-state index in [0.717, 1.165) is 31.1 Å². The van der Waals surface area contributed by atoms with E-state index < -0.39 is 5.91 Å². The molecule has 0 unspecified atom stereocenters. The van der Waals surface area contributed by atoms with Gasteiger partial charge in [-0.25, -0.2) is 4.98 Å². The first-order valence-corrected chi connectivity index (χ1v) is 6.17.